The number of nitrogens with zero attached hydrogens (tertiary/aromatic N) is 1. The first-order chi connectivity index (χ1) is 22.1. The maximum Gasteiger partial charge on any atom is 0.254 e. The summed E-state index contributed by atoms with van der Waals surface area (Å²) in [7, 11) is 0. The van der Waals surface area contributed by atoms with Crippen LogP contribution >= 0.6 is 15.9 Å². The molecule has 6 rings (SSSR count). The van der Waals surface area contributed by atoms with Gasteiger partial charge in [0.1, 0.15) is 24.7 Å². The third-order valence-corrected chi connectivity index (χ3v) is 7.05. The van der Waals surface area contributed by atoms with Gasteiger partial charge in [0.05, 0.1) is 6.54 Å². The van der Waals surface area contributed by atoms with E-state index in [4.69, 9.17) is 9.47 Å². The van der Waals surface area contributed by atoms with Crippen LogP contribution in [-0.2, 0) is 25.1 Å². The highest BCUT2D eigenvalue weighted by Crippen LogP contribution is 2.11. The minimum atomic E-state index is -0.152. The van der Waals surface area contributed by atoms with E-state index in [2.05, 4.69) is 33.0 Å². The van der Waals surface area contributed by atoms with Crippen molar-refractivity contribution < 1.29 is 9.47 Å². The average Bonchev–Trinajstić information content (AvgIpc) is 3.10. The number of benzene rings is 4. The summed E-state index contributed by atoms with van der Waals surface area (Å²) in [6, 6.07) is 46.4. The zero-order valence-electron chi connectivity index (χ0n) is 24.8. The van der Waals surface area contributed by atoms with Gasteiger partial charge in [0.25, 0.3) is 11.1 Å². The fourth-order valence-corrected chi connectivity index (χ4v) is 4.43. The maximum atomic E-state index is 12.1. The third kappa shape index (κ3) is 12.2. The van der Waals surface area contributed by atoms with Gasteiger partial charge in [-0.25, -0.2) is 0 Å². The molecule has 7 heteroatoms. The second kappa shape index (κ2) is 18.5. The minimum absolute atomic E-state index is 0.0607. The quantitative estimate of drug-likeness (QED) is 0.159. The van der Waals surface area contributed by atoms with Crippen LogP contribution in [0.3, 0.4) is 0 Å². The Morgan fingerprint density at radius 1 is 0.556 bits per heavy atom. The molecule has 6 nitrogen and oxygen atoms in total. The second-order valence-electron chi connectivity index (χ2n) is 9.87. The lowest BCUT2D eigenvalue weighted by Crippen LogP contribution is -2.19. The number of halogens is 1. The molecule has 2 aromatic heterocycles. The van der Waals surface area contributed by atoms with Crippen LogP contribution in [0.15, 0.2) is 168 Å². The van der Waals surface area contributed by atoms with Crippen LogP contribution < -0.4 is 20.6 Å². The number of ether oxygens (including phenoxy) is 2. The van der Waals surface area contributed by atoms with Crippen molar-refractivity contribution in [1.82, 2.24) is 9.55 Å². The van der Waals surface area contributed by atoms with Gasteiger partial charge in [-0.3, -0.25) is 9.59 Å². The topological polar surface area (TPSA) is 73.3 Å². The number of hydrogen-bond acceptors (Lipinski definition) is 4. The summed E-state index contributed by atoms with van der Waals surface area (Å²) >= 11 is 3.36. The average molecular weight is 664 g/mol. The van der Waals surface area contributed by atoms with Crippen molar-refractivity contribution in [3.05, 3.63) is 201 Å². The summed E-state index contributed by atoms with van der Waals surface area (Å²) in [5, 5.41) is 0.952. The zero-order chi connectivity index (χ0) is 31.5. The Morgan fingerprint density at radius 2 is 1.02 bits per heavy atom. The molecule has 0 spiro atoms. The van der Waals surface area contributed by atoms with Crippen LogP contribution in [-0.4, -0.2) is 9.55 Å². The molecule has 0 aliphatic heterocycles. The van der Waals surface area contributed by atoms with Crippen LogP contribution in [0.25, 0.3) is 0 Å². The summed E-state index contributed by atoms with van der Waals surface area (Å²) in [4.78, 5) is 25.6. The molecule has 45 heavy (non-hydrogen) atoms. The molecular weight excluding hydrogens is 628 g/mol. The molecule has 1 N–H and O–H groups in total. The Bertz CT molecular complexity index is 1790. The van der Waals surface area contributed by atoms with Gasteiger partial charge in [-0.1, -0.05) is 137 Å². The molecule has 6 aromatic rings. The highest BCUT2D eigenvalue weighted by atomic mass is 79.9. The lowest BCUT2D eigenvalue weighted by Gasteiger charge is -2.09. The monoisotopic (exact) mass is 662 g/mol. The summed E-state index contributed by atoms with van der Waals surface area (Å²) in [6.45, 7) is 1.51. The van der Waals surface area contributed by atoms with Crippen LogP contribution in [0.5, 0.6) is 11.5 Å². The lowest BCUT2D eigenvalue weighted by atomic mass is 10.2. The van der Waals surface area contributed by atoms with Gasteiger partial charge in [0, 0.05) is 29.9 Å². The van der Waals surface area contributed by atoms with Crippen molar-refractivity contribution in [2.24, 2.45) is 0 Å². The van der Waals surface area contributed by atoms with Crippen LogP contribution in [0.4, 0.5) is 0 Å². The lowest BCUT2D eigenvalue weighted by molar-refractivity contribution is 0.305. The maximum absolute atomic E-state index is 12.1. The fraction of sp³-hybridized carbons (Fsp3) is 0.105. The van der Waals surface area contributed by atoms with Crippen LogP contribution in [0, 0.1) is 0 Å². The Hall–Kier alpha value is -5.14. The molecule has 0 atom stereocenters. The van der Waals surface area contributed by atoms with Gasteiger partial charge in [0.15, 0.2) is 0 Å². The molecule has 0 amide bonds. The Labute approximate surface area is 271 Å². The van der Waals surface area contributed by atoms with Crippen molar-refractivity contribution in [3.8, 4) is 11.5 Å². The molecule has 0 aliphatic rings. The van der Waals surface area contributed by atoms with Crippen LogP contribution in [0.2, 0.25) is 0 Å². The van der Waals surface area contributed by atoms with Crippen molar-refractivity contribution in [1.29, 1.82) is 0 Å². The van der Waals surface area contributed by atoms with E-state index in [9.17, 15) is 9.59 Å². The minimum Gasteiger partial charge on any atom is -0.489 e. The Balaban J connectivity index is 0.000000172. The molecule has 228 valence electrons. The first-order valence-electron chi connectivity index (χ1n) is 14.5. The van der Waals surface area contributed by atoms with E-state index in [-0.39, 0.29) is 11.1 Å². The Morgan fingerprint density at radius 3 is 1.47 bits per heavy atom. The van der Waals surface area contributed by atoms with Gasteiger partial charge in [-0.15, -0.1) is 0 Å². The number of H-pyrrole nitrogens is 1. The third-order valence-electron chi connectivity index (χ3n) is 6.40. The summed E-state index contributed by atoms with van der Waals surface area (Å²) in [6.07, 6.45) is 3.35. The van der Waals surface area contributed by atoms with Crippen molar-refractivity contribution in [3.63, 3.8) is 0 Å². The van der Waals surface area contributed by atoms with Crippen molar-refractivity contribution in [2.45, 2.75) is 25.1 Å². The standard InChI is InChI=1S/C19H17NO2.C12H11NO2.C7H7Br/c21-19-13-18(22-15-17-9-5-2-6-10-17)11-12-20(19)14-16-7-3-1-4-8-16;14-12-8-11(6-7-13-12)15-9-10-4-2-1-3-5-10;8-6-7-4-2-1-3-5-7/h1-13H,14-15H2;1-8H,9H2,(H,13,14);1-5H,6H2. The number of hydrogen-bond donors (Lipinski definition) is 1. The molecule has 0 unspecified atom stereocenters. The van der Waals surface area contributed by atoms with Crippen LogP contribution in [0.1, 0.15) is 22.3 Å². The number of rotatable bonds is 9. The largest absolute Gasteiger partial charge is 0.489 e. The fourth-order valence-electron chi connectivity index (χ4n) is 4.05. The van der Waals surface area contributed by atoms with E-state index < -0.39 is 0 Å². The van der Waals surface area contributed by atoms with E-state index in [0.717, 1.165) is 22.0 Å². The Kier molecular flexibility index (Phi) is 13.5. The number of aromatic nitrogens is 2. The summed E-state index contributed by atoms with van der Waals surface area (Å²) < 4.78 is 12.8. The van der Waals surface area contributed by atoms with Gasteiger partial charge in [-0.2, -0.15) is 0 Å². The van der Waals surface area contributed by atoms with E-state index in [1.54, 1.807) is 23.0 Å². The number of alkyl halides is 1. The highest BCUT2D eigenvalue weighted by molar-refractivity contribution is 9.08. The smallest absolute Gasteiger partial charge is 0.254 e. The molecule has 0 saturated heterocycles. The summed E-state index contributed by atoms with van der Waals surface area (Å²) in [5.41, 5.74) is 4.37. The second-order valence-corrected chi connectivity index (χ2v) is 10.4. The molecule has 0 radical (unpaired) electrons. The van der Waals surface area contributed by atoms with E-state index in [1.165, 1.54) is 17.7 Å². The molecule has 4 aromatic carbocycles. The number of aromatic amines is 1. The van der Waals surface area contributed by atoms with Crippen molar-refractivity contribution in [2.75, 3.05) is 0 Å². The first kappa shape index (κ1) is 32.8. The normalized spacial score (nSPS) is 9.98. The number of nitrogens with one attached hydrogen (secondary N) is 1. The highest BCUT2D eigenvalue weighted by Gasteiger charge is 2.02. The SMILES string of the molecule is BrCc1ccccc1.O=c1cc(OCc2ccccc2)cc[nH]1.O=c1cc(OCc2ccccc2)ccn1Cc1ccccc1. The zero-order valence-corrected chi connectivity index (χ0v) is 26.4. The van der Waals surface area contributed by atoms with Gasteiger partial charge >= 0.3 is 0 Å². The van der Waals surface area contributed by atoms with E-state index in [0.29, 0.717) is 31.3 Å². The van der Waals surface area contributed by atoms with Crippen molar-refractivity contribution >= 4 is 15.9 Å². The molecule has 0 aliphatic carbocycles. The molecule has 0 bridgehead atoms. The molecule has 0 saturated carbocycles. The van der Waals surface area contributed by atoms with E-state index in [1.807, 2.05) is 115 Å². The van der Waals surface area contributed by atoms with Gasteiger partial charge < -0.3 is 19.0 Å². The predicted octanol–water partition coefficient (Wildman–Crippen LogP) is 8.01. The molecular formula is C38H35BrN2O4. The first-order valence-corrected chi connectivity index (χ1v) is 15.6. The van der Waals surface area contributed by atoms with Gasteiger partial charge in [0.2, 0.25) is 0 Å². The predicted molar refractivity (Wildman–Crippen MR) is 184 cm³/mol. The molecule has 0 fully saturated rings. The van der Waals surface area contributed by atoms with Gasteiger partial charge in [-0.05, 0) is 34.4 Å². The summed E-state index contributed by atoms with van der Waals surface area (Å²) in [5.74, 6) is 1.18. The molecule has 2 heterocycles. The number of pyridine rings is 2. The van der Waals surface area contributed by atoms with E-state index >= 15 is 0 Å².